The Balaban J connectivity index is 0.000000112. The van der Waals surface area contributed by atoms with Crippen LogP contribution in [-0.2, 0) is 6.42 Å². The molecule has 0 atom stereocenters. The van der Waals surface area contributed by atoms with E-state index in [1.807, 2.05) is 72.0 Å². The lowest BCUT2D eigenvalue weighted by molar-refractivity contribution is 0.477. The molecule has 0 amide bonds. The number of ether oxygens (including phenoxy) is 2. The minimum atomic E-state index is 0.864. The summed E-state index contributed by atoms with van der Waals surface area (Å²) >= 11 is 7.11. The molecule has 10 aromatic carbocycles. The van der Waals surface area contributed by atoms with Crippen LogP contribution in [0.1, 0.15) is 11.1 Å². The molecule has 5 heterocycles. The van der Waals surface area contributed by atoms with E-state index < -0.39 is 0 Å². The van der Waals surface area contributed by atoms with Crippen LogP contribution >= 0.6 is 38.6 Å². The fraction of sp³-hybridized carbons (Fsp3) is 0.0154. The van der Waals surface area contributed by atoms with Crippen molar-refractivity contribution < 1.29 is 9.47 Å². The predicted octanol–water partition coefficient (Wildman–Crippen LogP) is 20.1. The summed E-state index contributed by atoms with van der Waals surface area (Å²) < 4.78 is 18.4. The summed E-state index contributed by atoms with van der Waals surface area (Å²) in [5.74, 6) is 3.48. The first-order valence-electron chi connectivity index (χ1n) is 24.3. The second kappa shape index (κ2) is 18.0. The highest BCUT2D eigenvalue weighted by Crippen LogP contribution is 2.52. The molecule has 0 N–H and O–H groups in total. The number of hydrogen-bond acceptors (Lipinski definition) is 6. The van der Waals surface area contributed by atoms with Crippen LogP contribution in [0.15, 0.2) is 246 Å². The van der Waals surface area contributed by atoms with Crippen molar-refractivity contribution in [3.8, 4) is 39.8 Å². The number of nitrogens with zero attached hydrogens (tertiary/aromatic N) is 3. The number of anilines is 6. The van der Waals surface area contributed by atoms with E-state index in [9.17, 15) is 0 Å². The molecule has 3 aromatic heterocycles. The molecule has 348 valence electrons. The lowest BCUT2D eigenvalue weighted by Gasteiger charge is -2.32. The molecule has 2 aliphatic heterocycles. The van der Waals surface area contributed by atoms with Gasteiger partial charge >= 0.3 is 0 Å². The van der Waals surface area contributed by atoms with E-state index in [-0.39, 0.29) is 0 Å². The zero-order chi connectivity index (χ0) is 48.4. The summed E-state index contributed by atoms with van der Waals surface area (Å²) in [6, 6.07) is 81.0. The molecule has 73 heavy (non-hydrogen) atoms. The van der Waals surface area contributed by atoms with Gasteiger partial charge in [-0.2, -0.15) is 0 Å². The molecular weight excluding hydrogens is 999 g/mol. The molecule has 0 fully saturated rings. The van der Waals surface area contributed by atoms with Crippen LogP contribution < -0.4 is 19.3 Å². The largest absolute Gasteiger partial charge is 0.453 e. The number of benzene rings is 10. The van der Waals surface area contributed by atoms with Crippen molar-refractivity contribution in [2.24, 2.45) is 0 Å². The number of hydrogen-bond donors (Lipinski definition) is 0. The summed E-state index contributed by atoms with van der Waals surface area (Å²) in [6.07, 6.45) is 1.10. The Kier molecular flexibility index (Phi) is 10.7. The van der Waals surface area contributed by atoms with Crippen molar-refractivity contribution in [2.45, 2.75) is 6.42 Å². The van der Waals surface area contributed by atoms with Gasteiger partial charge in [0.25, 0.3) is 0 Å². The van der Waals surface area contributed by atoms with E-state index >= 15 is 0 Å². The quantitative estimate of drug-likeness (QED) is 0.176. The molecule has 13 aromatic rings. The average molecular weight is 1040 g/mol. The molecule has 0 spiro atoms. The number of fused-ring (bicyclic) bond motifs is 12. The van der Waals surface area contributed by atoms with Crippen LogP contribution in [0.5, 0.6) is 23.0 Å². The predicted molar refractivity (Wildman–Crippen MR) is 310 cm³/mol. The maximum atomic E-state index is 6.19. The third kappa shape index (κ3) is 7.65. The Morgan fingerprint density at radius 1 is 0.370 bits per heavy atom. The van der Waals surface area contributed by atoms with E-state index in [2.05, 4.69) is 211 Å². The molecule has 16 rings (SSSR count). The van der Waals surface area contributed by atoms with Crippen molar-refractivity contribution in [2.75, 3.05) is 9.80 Å². The summed E-state index contributed by atoms with van der Waals surface area (Å²) in [7, 11) is 0. The van der Waals surface area contributed by atoms with Gasteiger partial charge in [-0.3, -0.25) is 0 Å². The Labute approximate surface area is 438 Å². The van der Waals surface area contributed by atoms with Crippen molar-refractivity contribution in [1.82, 2.24) is 4.57 Å². The molecule has 8 heteroatoms. The summed E-state index contributed by atoms with van der Waals surface area (Å²) in [5, 5.41) is 9.59. The second-order valence-electron chi connectivity index (χ2n) is 18.2. The minimum Gasteiger partial charge on any atom is -0.453 e. The van der Waals surface area contributed by atoms with Crippen LogP contribution in [0.3, 0.4) is 0 Å². The van der Waals surface area contributed by atoms with Gasteiger partial charge in [-0.15, -0.1) is 22.7 Å². The zero-order valence-corrected chi connectivity index (χ0v) is 42.4. The highest BCUT2D eigenvalue weighted by atomic mass is 79.9. The maximum Gasteiger partial charge on any atom is 0.151 e. The maximum absolute atomic E-state index is 6.19. The number of aromatic nitrogens is 1. The Morgan fingerprint density at radius 3 is 1.45 bits per heavy atom. The molecule has 5 nitrogen and oxygen atoms in total. The van der Waals surface area contributed by atoms with Gasteiger partial charge in [-0.25, -0.2) is 0 Å². The third-order valence-electron chi connectivity index (χ3n) is 13.9. The van der Waals surface area contributed by atoms with Crippen LogP contribution in [0.2, 0.25) is 0 Å². The van der Waals surface area contributed by atoms with Gasteiger partial charge in [-0.1, -0.05) is 107 Å². The van der Waals surface area contributed by atoms with Crippen LogP contribution in [0.4, 0.5) is 34.1 Å². The topological polar surface area (TPSA) is 29.9 Å². The number of halogens is 1. The van der Waals surface area contributed by atoms with Gasteiger partial charge in [-0.05, 0) is 190 Å². The van der Waals surface area contributed by atoms with Crippen molar-refractivity contribution in [3.05, 3.63) is 257 Å². The monoisotopic (exact) mass is 1040 g/mol. The van der Waals surface area contributed by atoms with Gasteiger partial charge in [0.1, 0.15) is 0 Å². The molecular formula is C65H42BrN3O2S2. The fourth-order valence-corrected chi connectivity index (χ4v) is 12.5. The number of thiophene rings is 2. The number of rotatable bonds is 3. The van der Waals surface area contributed by atoms with Crippen molar-refractivity contribution >= 4 is 115 Å². The van der Waals surface area contributed by atoms with Crippen molar-refractivity contribution in [1.29, 1.82) is 0 Å². The molecule has 0 unspecified atom stereocenters. The molecule has 0 radical (unpaired) electrons. The van der Waals surface area contributed by atoms with E-state index in [4.69, 9.17) is 9.47 Å². The molecule has 1 aliphatic carbocycles. The minimum absolute atomic E-state index is 0.864. The fourth-order valence-electron chi connectivity index (χ4n) is 10.6. The van der Waals surface area contributed by atoms with Crippen LogP contribution in [-0.4, -0.2) is 4.57 Å². The lowest BCUT2D eigenvalue weighted by Crippen LogP contribution is -2.15. The van der Waals surface area contributed by atoms with E-state index in [1.54, 1.807) is 11.3 Å². The smallest absolute Gasteiger partial charge is 0.151 e. The second-order valence-corrected chi connectivity index (χ2v) is 21.0. The van der Waals surface area contributed by atoms with Crippen molar-refractivity contribution in [3.63, 3.8) is 0 Å². The van der Waals surface area contributed by atoms with Gasteiger partial charge in [0.15, 0.2) is 23.0 Å². The van der Waals surface area contributed by atoms with Gasteiger partial charge in [0.2, 0.25) is 0 Å². The summed E-state index contributed by atoms with van der Waals surface area (Å²) in [4.78, 5) is 4.50. The van der Waals surface area contributed by atoms with E-state index in [1.165, 1.54) is 64.2 Å². The standard InChI is InChI=1S/C32H20N2OS.C18H12BrNO.C15H10S/c1-2-8-26-24(7-1)25-19-21-17-18-36-32(21)20-29(25)33(26)22-13-15-23(16-14-22)34-27-9-3-5-11-30(27)35-31-12-6-4-10-28(31)34;19-13-9-11-14(12-10-13)20-15-5-1-3-7-17(15)21-18-8-4-2-6-16(18)20;1-2-4-13-10(3-1)7-12-9-15-11(5-6-16-15)8-14(12)13/h1-20H;1-12H;1-6,8-9H,7H2. The van der Waals surface area contributed by atoms with Crippen LogP contribution in [0, 0.1) is 0 Å². The Hall–Kier alpha value is -8.40. The summed E-state index contributed by atoms with van der Waals surface area (Å²) in [6.45, 7) is 0. The molecule has 3 aliphatic rings. The molecule has 0 saturated heterocycles. The summed E-state index contributed by atoms with van der Waals surface area (Å²) in [5.41, 5.74) is 15.8. The first-order valence-corrected chi connectivity index (χ1v) is 26.8. The van der Waals surface area contributed by atoms with Gasteiger partial charge in [0, 0.05) is 41.7 Å². The van der Waals surface area contributed by atoms with Gasteiger partial charge < -0.3 is 23.8 Å². The first kappa shape index (κ1) is 43.4. The molecule has 0 saturated carbocycles. The zero-order valence-electron chi connectivity index (χ0n) is 39.2. The average Bonchev–Trinajstić information content (AvgIpc) is 4.25. The van der Waals surface area contributed by atoms with E-state index in [0.29, 0.717) is 0 Å². The lowest BCUT2D eigenvalue weighted by atomic mass is 10.0. The Bertz CT molecular complexity index is 4140. The first-order chi connectivity index (χ1) is 36.1. The third-order valence-corrected chi connectivity index (χ3v) is 16.2. The Morgan fingerprint density at radius 2 is 0.849 bits per heavy atom. The van der Waals surface area contributed by atoms with Crippen LogP contribution in [0.25, 0.3) is 58.8 Å². The number of para-hydroxylation sites is 9. The van der Waals surface area contributed by atoms with Gasteiger partial charge in [0.05, 0.1) is 33.8 Å². The molecule has 0 bridgehead atoms. The SMILES string of the molecule is Brc1ccc(N2c3ccccc3Oc3ccccc32)cc1.c1ccc2c(c1)Cc1cc3sccc3cc1-2.c1ccc2c(c1)Oc1ccccc1N2c1ccc(-n2c3ccccc3c3cc4ccsc4cc32)cc1. The highest BCUT2D eigenvalue weighted by molar-refractivity contribution is 9.10. The highest BCUT2D eigenvalue weighted by Gasteiger charge is 2.27. The normalized spacial score (nSPS) is 12.6. The van der Waals surface area contributed by atoms with E-state index in [0.717, 1.165) is 73.7 Å².